The van der Waals surface area contributed by atoms with Crippen LogP contribution in [0.1, 0.15) is 0 Å². The topological polar surface area (TPSA) is 3.24 Å². The predicted octanol–water partition coefficient (Wildman–Crippen LogP) is 9.25. The number of rotatable bonds is 5. The summed E-state index contributed by atoms with van der Waals surface area (Å²) >= 11 is 3.57. The molecule has 5 aromatic carbocycles. The van der Waals surface area contributed by atoms with E-state index in [9.17, 15) is 0 Å². The van der Waals surface area contributed by atoms with Crippen LogP contribution in [0.3, 0.4) is 0 Å². The first kappa shape index (κ1) is 20.3. The van der Waals surface area contributed by atoms with Crippen molar-refractivity contribution in [2.24, 2.45) is 0 Å². The number of para-hydroxylation sites is 1. The van der Waals surface area contributed by atoms with Crippen molar-refractivity contribution >= 4 is 33.0 Å². The van der Waals surface area contributed by atoms with Crippen LogP contribution in [-0.4, -0.2) is 0 Å². The summed E-state index contributed by atoms with van der Waals surface area (Å²) in [6.07, 6.45) is 0. The van der Waals surface area contributed by atoms with Gasteiger partial charge in [0.05, 0.1) is 0 Å². The molecular weight excluding hydrogens is 454 g/mol. The fourth-order valence-electron chi connectivity index (χ4n) is 3.95. The molecule has 0 heterocycles. The molecule has 0 amide bonds. The smallest absolute Gasteiger partial charge is 0.0473 e. The second kappa shape index (κ2) is 9.25. The summed E-state index contributed by atoms with van der Waals surface area (Å²) in [6, 6.07) is 47.0. The number of anilines is 3. The Kier molecular flexibility index (Phi) is 5.87. The van der Waals surface area contributed by atoms with Gasteiger partial charge < -0.3 is 4.90 Å². The number of halogens is 1. The Hall–Kier alpha value is -3.62. The molecule has 5 rings (SSSR count). The van der Waals surface area contributed by atoms with Crippen LogP contribution in [0.2, 0.25) is 0 Å². The SMILES string of the molecule is Brc1ccc(N(c2ccccc2)c2cc(-c3ccccc3)cc(-c3ccccc3)c2)cc1. The summed E-state index contributed by atoms with van der Waals surface area (Å²) in [6.45, 7) is 0. The van der Waals surface area contributed by atoms with Crippen molar-refractivity contribution in [3.8, 4) is 22.3 Å². The van der Waals surface area contributed by atoms with Crippen LogP contribution in [0.15, 0.2) is 138 Å². The summed E-state index contributed by atoms with van der Waals surface area (Å²) in [5.41, 5.74) is 8.16. The molecule has 1 nitrogen and oxygen atoms in total. The lowest BCUT2D eigenvalue weighted by atomic mass is 9.97. The van der Waals surface area contributed by atoms with E-state index in [1.54, 1.807) is 0 Å². The van der Waals surface area contributed by atoms with Crippen LogP contribution in [0.4, 0.5) is 17.1 Å². The van der Waals surface area contributed by atoms with Gasteiger partial charge in [-0.05, 0) is 76.9 Å². The first-order valence-corrected chi connectivity index (χ1v) is 11.4. The first-order chi connectivity index (χ1) is 15.8. The van der Waals surface area contributed by atoms with E-state index in [0.717, 1.165) is 21.5 Å². The molecular formula is C30H22BrN. The molecule has 0 bridgehead atoms. The van der Waals surface area contributed by atoms with Crippen LogP contribution in [-0.2, 0) is 0 Å². The average molecular weight is 476 g/mol. The third kappa shape index (κ3) is 4.37. The molecule has 0 unspecified atom stereocenters. The zero-order chi connectivity index (χ0) is 21.8. The molecule has 0 atom stereocenters. The number of nitrogens with zero attached hydrogens (tertiary/aromatic N) is 1. The summed E-state index contributed by atoms with van der Waals surface area (Å²) < 4.78 is 1.07. The monoisotopic (exact) mass is 475 g/mol. The van der Waals surface area contributed by atoms with E-state index < -0.39 is 0 Å². The molecule has 154 valence electrons. The molecule has 0 saturated heterocycles. The van der Waals surface area contributed by atoms with Crippen molar-refractivity contribution in [2.75, 3.05) is 4.90 Å². The molecule has 0 saturated carbocycles. The minimum absolute atomic E-state index is 1.07. The Morgan fingerprint density at radius 3 is 1.31 bits per heavy atom. The Labute approximate surface area is 197 Å². The highest BCUT2D eigenvalue weighted by molar-refractivity contribution is 9.10. The van der Waals surface area contributed by atoms with Crippen LogP contribution in [0, 0.1) is 0 Å². The van der Waals surface area contributed by atoms with Gasteiger partial charge in [0.15, 0.2) is 0 Å². The lowest BCUT2D eigenvalue weighted by Gasteiger charge is -2.27. The summed E-state index contributed by atoms with van der Waals surface area (Å²) in [5, 5.41) is 0. The normalized spacial score (nSPS) is 10.7. The highest BCUT2D eigenvalue weighted by Gasteiger charge is 2.15. The molecule has 0 radical (unpaired) electrons. The predicted molar refractivity (Wildman–Crippen MR) is 140 cm³/mol. The van der Waals surface area contributed by atoms with Crippen molar-refractivity contribution in [2.45, 2.75) is 0 Å². The highest BCUT2D eigenvalue weighted by Crippen LogP contribution is 2.39. The molecule has 0 spiro atoms. The van der Waals surface area contributed by atoms with E-state index in [1.165, 1.54) is 22.3 Å². The molecule has 0 aliphatic rings. The fourth-order valence-corrected chi connectivity index (χ4v) is 4.21. The van der Waals surface area contributed by atoms with Crippen LogP contribution < -0.4 is 4.90 Å². The zero-order valence-corrected chi connectivity index (χ0v) is 19.1. The summed E-state index contributed by atoms with van der Waals surface area (Å²) in [5.74, 6) is 0. The van der Waals surface area contributed by atoms with Gasteiger partial charge in [-0.3, -0.25) is 0 Å². The molecule has 0 N–H and O–H groups in total. The minimum atomic E-state index is 1.07. The first-order valence-electron chi connectivity index (χ1n) is 10.6. The second-order valence-electron chi connectivity index (χ2n) is 7.65. The molecule has 32 heavy (non-hydrogen) atoms. The van der Waals surface area contributed by atoms with Crippen molar-refractivity contribution in [3.63, 3.8) is 0 Å². The Morgan fingerprint density at radius 1 is 0.375 bits per heavy atom. The third-order valence-corrected chi connectivity index (χ3v) is 6.02. The standard InChI is InChI=1S/C30H22BrN/c31-27-16-18-29(19-17-27)32(28-14-8-3-9-15-28)30-21-25(23-10-4-1-5-11-23)20-26(22-30)24-12-6-2-7-13-24/h1-22H. The van der Waals surface area contributed by atoms with Gasteiger partial charge >= 0.3 is 0 Å². The van der Waals surface area contributed by atoms with Gasteiger partial charge in [0.25, 0.3) is 0 Å². The lowest BCUT2D eigenvalue weighted by molar-refractivity contribution is 1.28. The van der Waals surface area contributed by atoms with Crippen molar-refractivity contribution in [1.82, 2.24) is 0 Å². The van der Waals surface area contributed by atoms with Crippen molar-refractivity contribution in [1.29, 1.82) is 0 Å². The van der Waals surface area contributed by atoms with Crippen molar-refractivity contribution < 1.29 is 0 Å². The molecule has 0 aromatic heterocycles. The van der Waals surface area contributed by atoms with E-state index in [2.05, 4.69) is 154 Å². The van der Waals surface area contributed by atoms with Crippen molar-refractivity contribution in [3.05, 3.63) is 138 Å². The Bertz CT molecular complexity index is 1240. The third-order valence-electron chi connectivity index (χ3n) is 5.49. The zero-order valence-electron chi connectivity index (χ0n) is 17.5. The molecule has 0 aliphatic carbocycles. The molecule has 2 heteroatoms. The van der Waals surface area contributed by atoms with Crippen LogP contribution in [0.25, 0.3) is 22.3 Å². The minimum Gasteiger partial charge on any atom is -0.310 e. The van der Waals surface area contributed by atoms with E-state index in [-0.39, 0.29) is 0 Å². The largest absolute Gasteiger partial charge is 0.310 e. The number of hydrogen-bond donors (Lipinski definition) is 0. The molecule has 0 aliphatic heterocycles. The summed E-state index contributed by atoms with van der Waals surface area (Å²) in [7, 11) is 0. The lowest BCUT2D eigenvalue weighted by Crippen LogP contribution is -2.10. The molecule has 0 fully saturated rings. The highest BCUT2D eigenvalue weighted by atomic mass is 79.9. The van der Waals surface area contributed by atoms with E-state index in [0.29, 0.717) is 0 Å². The van der Waals surface area contributed by atoms with Gasteiger partial charge in [0, 0.05) is 21.5 Å². The molecule has 5 aromatic rings. The quantitative estimate of drug-likeness (QED) is 0.244. The number of benzene rings is 5. The van der Waals surface area contributed by atoms with Crippen LogP contribution >= 0.6 is 15.9 Å². The summed E-state index contributed by atoms with van der Waals surface area (Å²) in [4.78, 5) is 2.31. The number of hydrogen-bond acceptors (Lipinski definition) is 1. The maximum atomic E-state index is 3.57. The van der Waals surface area contributed by atoms with Gasteiger partial charge in [-0.1, -0.05) is 94.8 Å². The van der Waals surface area contributed by atoms with Gasteiger partial charge in [-0.2, -0.15) is 0 Å². The second-order valence-corrected chi connectivity index (χ2v) is 8.56. The maximum Gasteiger partial charge on any atom is 0.0473 e. The maximum absolute atomic E-state index is 3.57. The van der Waals surface area contributed by atoms with E-state index in [1.807, 2.05) is 0 Å². The van der Waals surface area contributed by atoms with Gasteiger partial charge in [0.1, 0.15) is 0 Å². The van der Waals surface area contributed by atoms with Crippen LogP contribution in [0.5, 0.6) is 0 Å². The Balaban J connectivity index is 1.74. The van der Waals surface area contributed by atoms with Gasteiger partial charge in [-0.15, -0.1) is 0 Å². The Morgan fingerprint density at radius 2 is 0.812 bits per heavy atom. The average Bonchev–Trinajstić information content (AvgIpc) is 2.87. The van der Waals surface area contributed by atoms with E-state index in [4.69, 9.17) is 0 Å². The van der Waals surface area contributed by atoms with E-state index >= 15 is 0 Å². The fraction of sp³-hybridized carbons (Fsp3) is 0. The van der Waals surface area contributed by atoms with Gasteiger partial charge in [-0.25, -0.2) is 0 Å². The van der Waals surface area contributed by atoms with Gasteiger partial charge in [0.2, 0.25) is 0 Å².